The van der Waals surface area contributed by atoms with Crippen molar-refractivity contribution in [3.05, 3.63) is 64.4 Å². The molecule has 5 nitrogen and oxygen atoms in total. The molecule has 0 saturated heterocycles. The highest BCUT2D eigenvalue weighted by Gasteiger charge is 2.15. The highest BCUT2D eigenvalue weighted by Crippen LogP contribution is 2.30. The highest BCUT2D eigenvalue weighted by atomic mass is 79.9. The average molecular weight is 382 g/mol. The van der Waals surface area contributed by atoms with E-state index in [4.69, 9.17) is 5.73 Å². The van der Waals surface area contributed by atoms with Crippen LogP contribution in [0.15, 0.2) is 53.3 Å². The van der Waals surface area contributed by atoms with Crippen LogP contribution in [0.4, 0.5) is 5.95 Å². The van der Waals surface area contributed by atoms with Gasteiger partial charge in [-0.25, -0.2) is 4.98 Å². The Balaban J connectivity index is 1.73. The zero-order valence-corrected chi connectivity index (χ0v) is 14.5. The summed E-state index contributed by atoms with van der Waals surface area (Å²) < 4.78 is 0.933. The van der Waals surface area contributed by atoms with Gasteiger partial charge in [-0.15, -0.1) is 0 Å². The van der Waals surface area contributed by atoms with Gasteiger partial charge < -0.3 is 15.7 Å². The molecular formula is C18H16BrN5. The Hall–Kier alpha value is -2.60. The Labute approximate surface area is 147 Å². The smallest absolute Gasteiger partial charge is 0.198 e. The molecule has 0 amide bonds. The SMILES string of the molecule is Nc1nc2c(-c3[nH]c(Br)cc3CCc3ccccc3)nccc2[nH]1. The van der Waals surface area contributed by atoms with Gasteiger partial charge in [0.05, 0.1) is 15.8 Å². The molecule has 4 aromatic rings. The first kappa shape index (κ1) is 15.0. The van der Waals surface area contributed by atoms with Crippen molar-refractivity contribution in [3.63, 3.8) is 0 Å². The van der Waals surface area contributed by atoms with Gasteiger partial charge >= 0.3 is 0 Å². The monoisotopic (exact) mass is 381 g/mol. The maximum atomic E-state index is 5.80. The third-order valence-electron chi connectivity index (χ3n) is 4.05. The van der Waals surface area contributed by atoms with Gasteiger partial charge in [0.1, 0.15) is 11.2 Å². The summed E-state index contributed by atoms with van der Waals surface area (Å²) in [4.78, 5) is 15.3. The van der Waals surface area contributed by atoms with Crippen molar-refractivity contribution < 1.29 is 0 Å². The number of aromatic amines is 2. The number of halogens is 1. The largest absolute Gasteiger partial charge is 0.369 e. The van der Waals surface area contributed by atoms with E-state index in [1.807, 2.05) is 12.1 Å². The molecule has 4 N–H and O–H groups in total. The number of hydrogen-bond donors (Lipinski definition) is 3. The van der Waals surface area contributed by atoms with Crippen LogP contribution in [-0.2, 0) is 12.8 Å². The molecule has 0 unspecified atom stereocenters. The maximum absolute atomic E-state index is 5.80. The molecular weight excluding hydrogens is 366 g/mol. The van der Waals surface area contributed by atoms with E-state index >= 15 is 0 Å². The van der Waals surface area contributed by atoms with E-state index in [2.05, 4.69) is 66.2 Å². The number of anilines is 1. The van der Waals surface area contributed by atoms with Gasteiger partial charge in [-0.3, -0.25) is 4.98 Å². The highest BCUT2D eigenvalue weighted by molar-refractivity contribution is 9.10. The van der Waals surface area contributed by atoms with Crippen molar-refractivity contribution in [1.82, 2.24) is 19.9 Å². The van der Waals surface area contributed by atoms with E-state index in [1.165, 1.54) is 11.1 Å². The summed E-state index contributed by atoms with van der Waals surface area (Å²) in [6, 6.07) is 14.5. The number of pyridine rings is 1. The fourth-order valence-corrected chi connectivity index (χ4v) is 3.40. The van der Waals surface area contributed by atoms with E-state index in [-0.39, 0.29) is 0 Å². The molecule has 0 spiro atoms. The van der Waals surface area contributed by atoms with Crippen LogP contribution in [0.25, 0.3) is 22.4 Å². The van der Waals surface area contributed by atoms with E-state index < -0.39 is 0 Å². The van der Waals surface area contributed by atoms with Crippen LogP contribution < -0.4 is 5.73 Å². The molecule has 0 radical (unpaired) electrons. The molecule has 24 heavy (non-hydrogen) atoms. The lowest BCUT2D eigenvalue weighted by atomic mass is 10.0. The van der Waals surface area contributed by atoms with E-state index in [9.17, 15) is 0 Å². The van der Waals surface area contributed by atoms with Crippen LogP contribution in [0.5, 0.6) is 0 Å². The molecule has 3 heterocycles. The fourth-order valence-electron chi connectivity index (χ4n) is 2.93. The number of benzene rings is 1. The minimum absolute atomic E-state index is 0.399. The lowest BCUT2D eigenvalue weighted by molar-refractivity contribution is 0.963. The van der Waals surface area contributed by atoms with Gasteiger partial charge in [0, 0.05) is 6.20 Å². The number of imidazole rings is 1. The summed E-state index contributed by atoms with van der Waals surface area (Å²) >= 11 is 3.54. The predicted octanol–water partition coefficient (Wildman–Crippen LogP) is 4.08. The third kappa shape index (κ3) is 2.80. The Bertz CT molecular complexity index is 987. The zero-order valence-electron chi connectivity index (χ0n) is 12.9. The fraction of sp³-hybridized carbons (Fsp3) is 0.111. The second kappa shape index (κ2) is 6.13. The Morgan fingerprint density at radius 1 is 1.04 bits per heavy atom. The Morgan fingerprint density at radius 2 is 1.88 bits per heavy atom. The summed E-state index contributed by atoms with van der Waals surface area (Å²) in [7, 11) is 0. The first-order valence-corrected chi connectivity index (χ1v) is 8.52. The normalized spacial score (nSPS) is 11.2. The Kier molecular flexibility index (Phi) is 3.82. The van der Waals surface area contributed by atoms with E-state index in [0.29, 0.717) is 5.95 Å². The van der Waals surface area contributed by atoms with Crippen LogP contribution >= 0.6 is 15.9 Å². The standard InChI is InChI=1S/C18H16BrN5/c19-14-10-12(7-6-11-4-2-1-3-5-11)15(23-14)17-16-13(8-9-21-17)22-18(20)24-16/h1-5,8-10,23H,6-7H2,(H3,20,22,24). The number of rotatable bonds is 4. The van der Waals surface area contributed by atoms with Crippen molar-refractivity contribution >= 4 is 32.9 Å². The topological polar surface area (TPSA) is 83.4 Å². The van der Waals surface area contributed by atoms with Crippen molar-refractivity contribution in [2.24, 2.45) is 0 Å². The summed E-state index contributed by atoms with van der Waals surface area (Å²) in [5.74, 6) is 0.399. The minimum atomic E-state index is 0.399. The van der Waals surface area contributed by atoms with Crippen molar-refractivity contribution in [2.45, 2.75) is 12.8 Å². The number of nitrogens with one attached hydrogen (secondary N) is 2. The van der Waals surface area contributed by atoms with Crippen LogP contribution in [0.2, 0.25) is 0 Å². The number of aromatic nitrogens is 4. The van der Waals surface area contributed by atoms with Crippen molar-refractivity contribution in [2.75, 3.05) is 5.73 Å². The molecule has 3 aromatic heterocycles. The molecule has 120 valence electrons. The lowest BCUT2D eigenvalue weighted by Gasteiger charge is -2.05. The number of fused-ring (bicyclic) bond motifs is 1. The van der Waals surface area contributed by atoms with E-state index in [1.54, 1.807) is 6.20 Å². The predicted molar refractivity (Wildman–Crippen MR) is 99.6 cm³/mol. The molecule has 0 bridgehead atoms. The van der Waals surface area contributed by atoms with E-state index in [0.717, 1.165) is 39.9 Å². The average Bonchev–Trinajstić information content (AvgIpc) is 3.15. The van der Waals surface area contributed by atoms with Gasteiger partial charge in [0.2, 0.25) is 0 Å². The summed E-state index contributed by atoms with van der Waals surface area (Å²) in [6.07, 6.45) is 3.65. The van der Waals surface area contributed by atoms with Crippen LogP contribution in [0.1, 0.15) is 11.1 Å². The van der Waals surface area contributed by atoms with Gasteiger partial charge in [-0.2, -0.15) is 0 Å². The summed E-state index contributed by atoms with van der Waals surface area (Å²) in [5.41, 5.74) is 11.8. The van der Waals surface area contributed by atoms with Gasteiger partial charge in [0.25, 0.3) is 0 Å². The number of nitrogens with zero attached hydrogens (tertiary/aromatic N) is 2. The summed E-state index contributed by atoms with van der Waals surface area (Å²) in [6.45, 7) is 0. The molecule has 6 heteroatoms. The van der Waals surface area contributed by atoms with Gasteiger partial charge in [0.15, 0.2) is 5.95 Å². The molecule has 0 fully saturated rings. The number of aryl methyl sites for hydroxylation is 2. The van der Waals surface area contributed by atoms with Crippen LogP contribution in [-0.4, -0.2) is 19.9 Å². The van der Waals surface area contributed by atoms with Gasteiger partial charge in [-0.05, 0) is 52.0 Å². The molecule has 0 aliphatic rings. The summed E-state index contributed by atoms with van der Waals surface area (Å²) in [5, 5.41) is 0. The number of nitrogen functional groups attached to an aromatic ring is 1. The lowest BCUT2D eigenvalue weighted by Crippen LogP contribution is -1.94. The first-order valence-electron chi connectivity index (χ1n) is 7.72. The second-order valence-electron chi connectivity index (χ2n) is 5.68. The third-order valence-corrected chi connectivity index (χ3v) is 4.48. The maximum Gasteiger partial charge on any atom is 0.198 e. The minimum Gasteiger partial charge on any atom is -0.369 e. The molecule has 0 aliphatic heterocycles. The number of H-pyrrole nitrogens is 2. The van der Waals surface area contributed by atoms with Crippen LogP contribution in [0, 0.1) is 0 Å². The number of nitrogens with two attached hydrogens (primary N) is 1. The van der Waals surface area contributed by atoms with Gasteiger partial charge in [-0.1, -0.05) is 30.3 Å². The number of hydrogen-bond acceptors (Lipinski definition) is 3. The molecule has 4 rings (SSSR count). The Morgan fingerprint density at radius 3 is 2.71 bits per heavy atom. The van der Waals surface area contributed by atoms with Crippen molar-refractivity contribution in [3.8, 4) is 11.4 Å². The zero-order chi connectivity index (χ0) is 16.5. The molecule has 0 atom stereocenters. The second-order valence-corrected chi connectivity index (χ2v) is 6.54. The van der Waals surface area contributed by atoms with Crippen LogP contribution in [0.3, 0.4) is 0 Å². The molecule has 0 aliphatic carbocycles. The quantitative estimate of drug-likeness (QED) is 0.497. The first-order chi connectivity index (χ1) is 11.7. The molecule has 0 saturated carbocycles. The van der Waals surface area contributed by atoms with Crippen molar-refractivity contribution in [1.29, 1.82) is 0 Å². The molecule has 1 aromatic carbocycles.